The van der Waals surface area contributed by atoms with E-state index in [1.165, 1.54) is 23.4 Å². The summed E-state index contributed by atoms with van der Waals surface area (Å²) in [5.74, 6) is 1.41. The lowest BCUT2D eigenvalue weighted by molar-refractivity contribution is -0.111. The van der Waals surface area contributed by atoms with Crippen molar-refractivity contribution in [2.45, 2.75) is 0 Å². The summed E-state index contributed by atoms with van der Waals surface area (Å²) in [6.45, 7) is 0. The first-order valence-corrected chi connectivity index (χ1v) is 7.72. The van der Waals surface area contributed by atoms with Gasteiger partial charge in [-0.3, -0.25) is 4.79 Å². The van der Waals surface area contributed by atoms with Crippen LogP contribution in [0.4, 0.5) is 5.69 Å². The second kappa shape index (κ2) is 7.93. The van der Waals surface area contributed by atoms with E-state index in [4.69, 9.17) is 9.47 Å². The average molecular weight is 351 g/mol. The molecule has 3 aromatic rings. The number of hydrogen-bond donors (Lipinski definition) is 1. The Hall–Kier alpha value is -3.68. The number of amides is 1. The minimum Gasteiger partial charge on any atom is -0.493 e. The number of carbonyl (C=O) groups excluding carboxylic acids is 1. The summed E-state index contributed by atoms with van der Waals surface area (Å²) in [5, 5.41) is 6.82. The molecule has 0 spiro atoms. The van der Waals surface area contributed by atoms with Gasteiger partial charge in [-0.05, 0) is 35.9 Å². The number of pyridine rings is 1. The molecule has 8 heteroatoms. The van der Waals surface area contributed by atoms with Crippen molar-refractivity contribution < 1.29 is 14.3 Å². The molecule has 0 saturated heterocycles. The standard InChI is InChI=1S/C18H17N5O3/c1-25-15-7-5-13(10-16(15)26-2)6-8-17(24)22-14-4-3-9-20-18(14)23-12-19-11-21-23/h3-12H,1-2H3,(H,22,24)/b8-6+. The minimum atomic E-state index is -0.297. The van der Waals surface area contributed by atoms with Crippen molar-refractivity contribution in [1.29, 1.82) is 0 Å². The molecule has 8 nitrogen and oxygen atoms in total. The molecular formula is C18H17N5O3. The molecule has 132 valence electrons. The molecule has 0 aliphatic rings. The lowest BCUT2D eigenvalue weighted by Crippen LogP contribution is -2.12. The first-order valence-electron chi connectivity index (χ1n) is 7.72. The Balaban J connectivity index is 1.75. The number of nitrogens with zero attached hydrogens (tertiary/aromatic N) is 4. The minimum absolute atomic E-state index is 0.297. The van der Waals surface area contributed by atoms with Crippen LogP contribution in [0.3, 0.4) is 0 Å². The molecule has 0 radical (unpaired) electrons. The molecular weight excluding hydrogens is 334 g/mol. The fourth-order valence-corrected chi connectivity index (χ4v) is 2.30. The van der Waals surface area contributed by atoms with Gasteiger partial charge in [-0.1, -0.05) is 6.07 Å². The van der Waals surface area contributed by atoms with Gasteiger partial charge in [-0.15, -0.1) is 0 Å². The summed E-state index contributed by atoms with van der Waals surface area (Å²) in [6, 6.07) is 8.87. The zero-order valence-corrected chi connectivity index (χ0v) is 14.3. The monoisotopic (exact) mass is 351 g/mol. The van der Waals surface area contributed by atoms with Crippen molar-refractivity contribution >= 4 is 17.7 Å². The van der Waals surface area contributed by atoms with Gasteiger partial charge in [-0.2, -0.15) is 5.10 Å². The number of ether oxygens (including phenoxy) is 2. The summed E-state index contributed by atoms with van der Waals surface area (Å²) >= 11 is 0. The van der Waals surface area contributed by atoms with Crippen LogP contribution in [0.1, 0.15) is 5.56 Å². The highest BCUT2D eigenvalue weighted by Crippen LogP contribution is 2.28. The highest BCUT2D eigenvalue weighted by molar-refractivity contribution is 6.02. The predicted molar refractivity (Wildman–Crippen MR) is 96.4 cm³/mol. The van der Waals surface area contributed by atoms with Crippen molar-refractivity contribution in [3.63, 3.8) is 0 Å². The Morgan fingerprint density at radius 2 is 2.04 bits per heavy atom. The third-order valence-electron chi connectivity index (χ3n) is 3.52. The number of carbonyl (C=O) groups is 1. The topological polar surface area (TPSA) is 91.2 Å². The van der Waals surface area contributed by atoms with E-state index in [9.17, 15) is 4.79 Å². The number of hydrogen-bond acceptors (Lipinski definition) is 6. The number of aromatic nitrogens is 4. The molecule has 0 fully saturated rings. The van der Waals surface area contributed by atoms with Crippen molar-refractivity contribution in [1.82, 2.24) is 19.7 Å². The van der Waals surface area contributed by atoms with Crippen molar-refractivity contribution in [2.24, 2.45) is 0 Å². The van der Waals surface area contributed by atoms with Crippen molar-refractivity contribution in [3.05, 3.63) is 60.8 Å². The lowest BCUT2D eigenvalue weighted by atomic mass is 10.2. The van der Waals surface area contributed by atoms with Gasteiger partial charge in [0.2, 0.25) is 5.91 Å². The Morgan fingerprint density at radius 1 is 1.19 bits per heavy atom. The quantitative estimate of drug-likeness (QED) is 0.686. The molecule has 0 bridgehead atoms. The highest BCUT2D eigenvalue weighted by Gasteiger charge is 2.08. The lowest BCUT2D eigenvalue weighted by Gasteiger charge is -2.08. The summed E-state index contributed by atoms with van der Waals surface area (Å²) in [5.41, 5.74) is 1.33. The molecule has 0 unspecified atom stereocenters. The molecule has 3 rings (SSSR count). The van der Waals surface area contributed by atoms with Gasteiger partial charge in [0.15, 0.2) is 17.3 Å². The molecule has 1 aromatic carbocycles. The number of benzene rings is 1. The van der Waals surface area contributed by atoms with E-state index in [-0.39, 0.29) is 5.91 Å². The van der Waals surface area contributed by atoms with Gasteiger partial charge < -0.3 is 14.8 Å². The number of rotatable bonds is 6. The van der Waals surface area contributed by atoms with Gasteiger partial charge in [0, 0.05) is 12.3 Å². The number of anilines is 1. The fourth-order valence-electron chi connectivity index (χ4n) is 2.30. The molecule has 0 aliphatic heterocycles. The predicted octanol–water partition coefficient (Wildman–Crippen LogP) is 2.33. The van der Waals surface area contributed by atoms with Crippen LogP contribution in [-0.2, 0) is 4.79 Å². The normalized spacial score (nSPS) is 10.7. The van der Waals surface area contributed by atoms with Crippen LogP contribution >= 0.6 is 0 Å². The van der Waals surface area contributed by atoms with E-state index in [0.29, 0.717) is 23.0 Å². The molecule has 0 atom stereocenters. The smallest absolute Gasteiger partial charge is 0.248 e. The Labute approximate surface area is 150 Å². The molecule has 1 amide bonds. The van der Waals surface area contributed by atoms with Crippen LogP contribution in [0.15, 0.2) is 55.3 Å². The molecule has 2 aromatic heterocycles. The summed E-state index contributed by atoms with van der Waals surface area (Å²) in [4.78, 5) is 20.4. The van der Waals surface area contributed by atoms with E-state index in [1.807, 2.05) is 6.07 Å². The van der Waals surface area contributed by atoms with Gasteiger partial charge in [-0.25, -0.2) is 14.6 Å². The number of methoxy groups -OCH3 is 2. The van der Waals surface area contributed by atoms with E-state index in [2.05, 4.69) is 20.4 Å². The van der Waals surface area contributed by atoms with E-state index in [1.54, 1.807) is 50.8 Å². The summed E-state index contributed by atoms with van der Waals surface area (Å²) in [7, 11) is 3.13. The summed E-state index contributed by atoms with van der Waals surface area (Å²) < 4.78 is 11.9. The Kier molecular flexibility index (Phi) is 5.23. The van der Waals surface area contributed by atoms with E-state index in [0.717, 1.165) is 5.56 Å². The summed E-state index contributed by atoms with van der Waals surface area (Å²) in [6.07, 6.45) is 7.64. The van der Waals surface area contributed by atoms with Crippen molar-refractivity contribution in [2.75, 3.05) is 19.5 Å². The maximum absolute atomic E-state index is 12.3. The molecule has 2 heterocycles. The molecule has 0 aliphatic carbocycles. The first kappa shape index (κ1) is 17.2. The zero-order valence-electron chi connectivity index (χ0n) is 14.3. The second-order valence-corrected chi connectivity index (χ2v) is 5.15. The van der Waals surface area contributed by atoms with E-state index < -0.39 is 0 Å². The zero-order chi connectivity index (χ0) is 18.4. The second-order valence-electron chi connectivity index (χ2n) is 5.15. The SMILES string of the molecule is COc1ccc(/C=C/C(=O)Nc2cccnc2-n2cncn2)cc1OC. The van der Waals surface area contributed by atoms with Crippen LogP contribution in [0.5, 0.6) is 11.5 Å². The largest absolute Gasteiger partial charge is 0.493 e. The van der Waals surface area contributed by atoms with Crippen LogP contribution in [0, 0.1) is 0 Å². The Bertz CT molecular complexity index is 922. The van der Waals surface area contributed by atoms with E-state index >= 15 is 0 Å². The van der Waals surface area contributed by atoms with Gasteiger partial charge in [0.05, 0.1) is 19.9 Å². The molecule has 0 saturated carbocycles. The Morgan fingerprint density at radius 3 is 2.77 bits per heavy atom. The third kappa shape index (κ3) is 3.86. The van der Waals surface area contributed by atoms with Gasteiger partial charge in [0.1, 0.15) is 12.7 Å². The van der Waals surface area contributed by atoms with Crippen LogP contribution < -0.4 is 14.8 Å². The van der Waals surface area contributed by atoms with Crippen molar-refractivity contribution in [3.8, 4) is 17.3 Å². The van der Waals surface area contributed by atoms with Crippen LogP contribution in [-0.4, -0.2) is 39.9 Å². The third-order valence-corrected chi connectivity index (χ3v) is 3.52. The maximum Gasteiger partial charge on any atom is 0.248 e. The fraction of sp³-hybridized carbons (Fsp3) is 0.111. The highest BCUT2D eigenvalue weighted by atomic mass is 16.5. The first-order chi connectivity index (χ1) is 12.7. The van der Waals surface area contributed by atoms with Gasteiger partial charge >= 0.3 is 0 Å². The molecule has 1 N–H and O–H groups in total. The van der Waals surface area contributed by atoms with Crippen LogP contribution in [0.2, 0.25) is 0 Å². The maximum atomic E-state index is 12.3. The number of nitrogens with one attached hydrogen (secondary N) is 1. The molecule has 26 heavy (non-hydrogen) atoms. The van der Waals surface area contributed by atoms with Crippen LogP contribution in [0.25, 0.3) is 11.9 Å². The van der Waals surface area contributed by atoms with Gasteiger partial charge in [0.25, 0.3) is 0 Å². The average Bonchev–Trinajstić information content (AvgIpc) is 3.21.